The molecule has 0 atom stereocenters. The Balaban J connectivity index is 3.22. The van der Waals surface area contributed by atoms with Crippen LogP contribution in [0.5, 0.6) is 0 Å². The van der Waals surface area contributed by atoms with Crippen molar-refractivity contribution in [3.05, 3.63) is 29.3 Å². The van der Waals surface area contributed by atoms with Crippen LogP contribution in [-0.4, -0.2) is 50.8 Å². The van der Waals surface area contributed by atoms with Gasteiger partial charge in [0.25, 0.3) is 11.7 Å². The molecule has 0 aliphatic heterocycles. The summed E-state index contributed by atoms with van der Waals surface area (Å²) in [5.74, 6) is -2.91. The quantitative estimate of drug-likeness (QED) is 0.383. The lowest BCUT2D eigenvalue weighted by Crippen LogP contribution is -2.47. The van der Waals surface area contributed by atoms with Gasteiger partial charge in [-0.15, -0.1) is 0 Å². The predicted octanol–water partition coefficient (Wildman–Crippen LogP) is 1.88. The maximum atomic E-state index is 12.7. The number of hydrogen-bond donors (Lipinski definition) is 2. The minimum Gasteiger partial charge on any atom is -0.456 e. The van der Waals surface area contributed by atoms with E-state index in [0.29, 0.717) is 18.5 Å². The van der Waals surface area contributed by atoms with Crippen LogP contribution in [0, 0.1) is 0 Å². The second kappa shape index (κ2) is 9.59. The van der Waals surface area contributed by atoms with E-state index in [1.807, 2.05) is 0 Å². The van der Waals surface area contributed by atoms with Crippen LogP contribution in [0.1, 0.15) is 43.1 Å². The number of amides is 1. The zero-order valence-electron chi connectivity index (χ0n) is 16.7. The molecule has 0 saturated heterocycles. The fourth-order valence-corrected chi connectivity index (χ4v) is 2.36. The first-order chi connectivity index (χ1) is 12.6. The minimum absolute atomic E-state index is 0.279. The van der Waals surface area contributed by atoms with Crippen molar-refractivity contribution in [3.8, 4) is 0 Å². The van der Waals surface area contributed by atoms with E-state index in [1.165, 1.54) is 20.3 Å². The van der Waals surface area contributed by atoms with Crippen molar-refractivity contribution in [2.75, 3.05) is 26.6 Å². The summed E-state index contributed by atoms with van der Waals surface area (Å²) in [6.07, 6.45) is 0.261. The van der Waals surface area contributed by atoms with Gasteiger partial charge in [-0.3, -0.25) is 4.79 Å². The molecule has 150 valence electrons. The van der Waals surface area contributed by atoms with Gasteiger partial charge in [0.15, 0.2) is 0 Å². The number of carbonyl (C=O) groups is 3. The maximum Gasteiger partial charge on any atom is 0.338 e. The van der Waals surface area contributed by atoms with Crippen molar-refractivity contribution in [3.63, 3.8) is 0 Å². The van der Waals surface area contributed by atoms with Gasteiger partial charge in [0.2, 0.25) is 0 Å². The molecule has 0 aromatic heterocycles. The largest absolute Gasteiger partial charge is 0.456 e. The third kappa shape index (κ3) is 6.13. The highest BCUT2D eigenvalue weighted by Gasteiger charge is 2.39. The number of carbonyl (C=O) groups excluding carboxylic acids is 3. The first kappa shape index (κ1) is 22.8. The number of benzene rings is 1. The number of esters is 1. The summed E-state index contributed by atoms with van der Waals surface area (Å²) in [6, 6.07) is 4.86. The molecule has 0 unspecified atom stereocenters. The van der Waals surface area contributed by atoms with E-state index in [9.17, 15) is 14.4 Å². The summed E-state index contributed by atoms with van der Waals surface area (Å²) in [4.78, 5) is 36.0. The van der Waals surface area contributed by atoms with Gasteiger partial charge in [-0.05, 0) is 45.5 Å². The van der Waals surface area contributed by atoms with Crippen LogP contribution >= 0.6 is 0 Å². The molecule has 1 amide bonds. The van der Waals surface area contributed by atoms with E-state index in [-0.39, 0.29) is 12.0 Å². The van der Waals surface area contributed by atoms with Gasteiger partial charge < -0.3 is 29.6 Å². The summed E-state index contributed by atoms with van der Waals surface area (Å²) < 4.78 is 15.6. The third-order valence-corrected chi connectivity index (χ3v) is 3.72. The molecule has 0 heterocycles. The Morgan fingerprint density at radius 2 is 1.78 bits per heavy atom. The number of methoxy groups -OCH3 is 2. The molecular weight excluding hydrogens is 352 g/mol. The molecule has 1 aromatic carbocycles. The molecule has 0 bridgehead atoms. The Morgan fingerprint density at radius 3 is 2.26 bits per heavy atom. The molecule has 0 saturated carbocycles. The molecule has 2 N–H and O–H groups in total. The van der Waals surface area contributed by atoms with Crippen LogP contribution < -0.4 is 10.6 Å². The van der Waals surface area contributed by atoms with Crippen LogP contribution in [-0.2, 0) is 30.3 Å². The van der Waals surface area contributed by atoms with Crippen LogP contribution in [0.3, 0.4) is 0 Å². The number of anilines is 1. The maximum absolute atomic E-state index is 12.7. The van der Waals surface area contributed by atoms with Gasteiger partial charge in [-0.1, -0.05) is 6.07 Å². The SMILES string of the molecule is CNCc1ccc(C(=O)OC(C)(C)C)cc1NC(=O)C(CC=O)(OC)OC. The molecule has 27 heavy (non-hydrogen) atoms. The Labute approximate surface area is 159 Å². The first-order valence-electron chi connectivity index (χ1n) is 8.48. The molecule has 8 nitrogen and oxygen atoms in total. The van der Waals surface area contributed by atoms with E-state index in [4.69, 9.17) is 14.2 Å². The standard InChI is InChI=1S/C19H28N2O6/c1-18(2,3)27-16(23)13-7-8-14(12-20-4)15(11-13)21-17(24)19(25-5,26-6)9-10-22/h7-8,10-11,20H,9,12H2,1-6H3,(H,21,24). The fourth-order valence-electron chi connectivity index (χ4n) is 2.36. The molecule has 0 spiro atoms. The van der Waals surface area contributed by atoms with Crippen molar-refractivity contribution in [1.82, 2.24) is 5.32 Å². The Hall–Kier alpha value is -2.29. The third-order valence-electron chi connectivity index (χ3n) is 3.72. The van der Waals surface area contributed by atoms with E-state index in [0.717, 1.165) is 5.56 Å². The highest BCUT2D eigenvalue weighted by Crippen LogP contribution is 2.24. The van der Waals surface area contributed by atoms with E-state index in [2.05, 4.69) is 10.6 Å². The number of rotatable bonds is 9. The first-order valence-corrected chi connectivity index (χ1v) is 8.48. The summed E-state index contributed by atoms with van der Waals surface area (Å²) in [5.41, 5.74) is 0.776. The van der Waals surface area contributed by atoms with Gasteiger partial charge in [0.05, 0.1) is 12.0 Å². The monoisotopic (exact) mass is 380 g/mol. The van der Waals surface area contributed by atoms with Crippen molar-refractivity contribution >= 4 is 23.9 Å². The topological polar surface area (TPSA) is 103 Å². The van der Waals surface area contributed by atoms with E-state index >= 15 is 0 Å². The molecule has 0 aliphatic carbocycles. The molecule has 0 aliphatic rings. The highest BCUT2D eigenvalue weighted by molar-refractivity contribution is 5.99. The van der Waals surface area contributed by atoms with Gasteiger partial charge in [0, 0.05) is 26.5 Å². The average molecular weight is 380 g/mol. The number of aldehydes is 1. The lowest BCUT2D eigenvalue weighted by Gasteiger charge is -2.28. The second-order valence-corrected chi connectivity index (χ2v) is 6.89. The number of nitrogens with one attached hydrogen (secondary N) is 2. The van der Waals surface area contributed by atoms with Gasteiger partial charge in [-0.25, -0.2) is 4.79 Å². The highest BCUT2D eigenvalue weighted by atomic mass is 16.7. The number of hydrogen-bond acceptors (Lipinski definition) is 7. The van der Waals surface area contributed by atoms with Crippen molar-refractivity contribution in [2.24, 2.45) is 0 Å². The Bertz CT molecular complexity index is 677. The lowest BCUT2D eigenvalue weighted by atomic mass is 10.1. The van der Waals surface area contributed by atoms with Crippen LogP contribution in [0.25, 0.3) is 0 Å². The molecule has 0 radical (unpaired) electrons. The predicted molar refractivity (Wildman–Crippen MR) is 100 cm³/mol. The Morgan fingerprint density at radius 1 is 1.15 bits per heavy atom. The van der Waals surface area contributed by atoms with Gasteiger partial charge in [0.1, 0.15) is 11.9 Å². The zero-order chi connectivity index (χ0) is 20.7. The van der Waals surface area contributed by atoms with Gasteiger partial charge >= 0.3 is 5.97 Å². The molecule has 8 heteroatoms. The van der Waals surface area contributed by atoms with Crippen LogP contribution in [0.2, 0.25) is 0 Å². The fraction of sp³-hybridized carbons (Fsp3) is 0.526. The van der Waals surface area contributed by atoms with E-state index in [1.54, 1.807) is 40.0 Å². The molecular formula is C19H28N2O6. The summed E-state index contributed by atoms with van der Waals surface area (Å²) in [6.45, 7) is 5.76. The molecule has 1 aromatic rings. The van der Waals surface area contributed by atoms with Crippen molar-refractivity contribution in [1.29, 1.82) is 0 Å². The lowest BCUT2D eigenvalue weighted by molar-refractivity contribution is -0.205. The normalized spacial score (nSPS) is 11.8. The summed E-state index contributed by atoms with van der Waals surface area (Å²) >= 11 is 0. The van der Waals surface area contributed by atoms with Gasteiger partial charge in [-0.2, -0.15) is 0 Å². The van der Waals surface area contributed by atoms with Crippen LogP contribution in [0.15, 0.2) is 18.2 Å². The summed E-state index contributed by atoms with van der Waals surface area (Å²) in [7, 11) is 4.31. The Kier molecular flexibility index (Phi) is 8.08. The molecule has 0 fully saturated rings. The smallest absolute Gasteiger partial charge is 0.338 e. The van der Waals surface area contributed by atoms with Crippen molar-refractivity contribution in [2.45, 2.75) is 45.1 Å². The number of ether oxygens (including phenoxy) is 3. The average Bonchev–Trinajstić information content (AvgIpc) is 2.59. The van der Waals surface area contributed by atoms with E-state index < -0.39 is 23.3 Å². The minimum atomic E-state index is -1.75. The molecule has 1 rings (SSSR count). The zero-order valence-corrected chi connectivity index (χ0v) is 16.7. The second-order valence-electron chi connectivity index (χ2n) is 6.89. The van der Waals surface area contributed by atoms with Crippen LogP contribution in [0.4, 0.5) is 5.69 Å². The summed E-state index contributed by atoms with van der Waals surface area (Å²) in [5, 5.41) is 5.68. The van der Waals surface area contributed by atoms with Crippen molar-refractivity contribution < 1.29 is 28.6 Å².